The molecule has 0 spiro atoms. The number of amides is 2. The normalized spacial score (nSPS) is 24.5. The van der Waals surface area contributed by atoms with Crippen molar-refractivity contribution in [1.29, 1.82) is 0 Å². The number of aliphatic carboxylic acids is 1. The lowest BCUT2D eigenvalue weighted by Gasteiger charge is -2.31. The standard InChI is InChI=1S/C15H26N2O3/c1-10(11-6-4-3-5-7-11)16-14(20)17-15(2,13(18)19)12-8-9-12/h10-12H,3-9H2,1-2H3,(H,18,19)(H2,16,17,20). The number of rotatable bonds is 5. The smallest absolute Gasteiger partial charge is 0.329 e. The van der Waals surface area contributed by atoms with Gasteiger partial charge in [0.25, 0.3) is 0 Å². The van der Waals surface area contributed by atoms with E-state index in [9.17, 15) is 14.7 Å². The third-order valence-corrected chi connectivity index (χ3v) is 4.93. The van der Waals surface area contributed by atoms with E-state index in [1.165, 1.54) is 19.3 Å². The van der Waals surface area contributed by atoms with Crippen molar-refractivity contribution in [3.63, 3.8) is 0 Å². The van der Waals surface area contributed by atoms with Crippen LogP contribution in [0, 0.1) is 11.8 Å². The number of carbonyl (C=O) groups is 2. The molecular weight excluding hydrogens is 256 g/mol. The third-order valence-electron chi connectivity index (χ3n) is 4.93. The van der Waals surface area contributed by atoms with Gasteiger partial charge in [0.15, 0.2) is 0 Å². The van der Waals surface area contributed by atoms with Crippen molar-refractivity contribution < 1.29 is 14.7 Å². The molecule has 5 nitrogen and oxygen atoms in total. The Labute approximate surface area is 120 Å². The average Bonchev–Trinajstić information content (AvgIpc) is 3.23. The molecule has 0 aromatic carbocycles. The number of hydrogen-bond donors (Lipinski definition) is 3. The summed E-state index contributed by atoms with van der Waals surface area (Å²) in [4.78, 5) is 23.4. The van der Waals surface area contributed by atoms with Gasteiger partial charge in [-0.3, -0.25) is 0 Å². The second-order valence-electron chi connectivity index (χ2n) is 6.57. The van der Waals surface area contributed by atoms with Crippen LogP contribution in [0.15, 0.2) is 0 Å². The highest BCUT2D eigenvalue weighted by atomic mass is 16.4. The molecule has 114 valence electrons. The first-order valence-electron chi connectivity index (χ1n) is 7.75. The van der Waals surface area contributed by atoms with Crippen molar-refractivity contribution in [3.05, 3.63) is 0 Å². The Bertz CT molecular complexity index is 375. The fourth-order valence-electron chi connectivity index (χ4n) is 3.22. The highest BCUT2D eigenvalue weighted by Crippen LogP contribution is 2.39. The number of urea groups is 1. The predicted octanol–water partition coefficient (Wildman–Crippen LogP) is 2.51. The second kappa shape index (κ2) is 6.02. The number of carboxylic acids is 1. The molecule has 2 atom stereocenters. The minimum absolute atomic E-state index is 0.0655. The van der Waals surface area contributed by atoms with E-state index in [1.54, 1.807) is 6.92 Å². The lowest BCUT2D eigenvalue weighted by molar-refractivity contribution is -0.144. The van der Waals surface area contributed by atoms with E-state index in [1.807, 2.05) is 6.92 Å². The lowest BCUT2D eigenvalue weighted by Crippen LogP contribution is -2.58. The van der Waals surface area contributed by atoms with Crippen molar-refractivity contribution in [2.45, 2.75) is 70.4 Å². The van der Waals surface area contributed by atoms with Crippen LogP contribution in [0.1, 0.15) is 58.8 Å². The first-order valence-corrected chi connectivity index (χ1v) is 7.75. The molecule has 2 fully saturated rings. The monoisotopic (exact) mass is 282 g/mol. The van der Waals surface area contributed by atoms with E-state index in [0.29, 0.717) is 5.92 Å². The molecule has 3 N–H and O–H groups in total. The van der Waals surface area contributed by atoms with Crippen LogP contribution in [0.3, 0.4) is 0 Å². The molecule has 2 rings (SSSR count). The van der Waals surface area contributed by atoms with Crippen LogP contribution in [0.25, 0.3) is 0 Å². The maximum atomic E-state index is 12.1. The van der Waals surface area contributed by atoms with E-state index in [4.69, 9.17) is 0 Å². The van der Waals surface area contributed by atoms with Gasteiger partial charge in [-0.15, -0.1) is 0 Å². The summed E-state index contributed by atoms with van der Waals surface area (Å²) < 4.78 is 0. The summed E-state index contributed by atoms with van der Waals surface area (Å²) in [7, 11) is 0. The molecule has 20 heavy (non-hydrogen) atoms. The van der Waals surface area contributed by atoms with E-state index in [-0.39, 0.29) is 18.0 Å². The fraction of sp³-hybridized carbons (Fsp3) is 0.867. The summed E-state index contributed by atoms with van der Waals surface area (Å²) in [6.45, 7) is 3.63. The van der Waals surface area contributed by atoms with Crippen LogP contribution in [0.4, 0.5) is 4.79 Å². The first-order chi connectivity index (χ1) is 9.43. The van der Waals surface area contributed by atoms with Gasteiger partial charge in [0.1, 0.15) is 5.54 Å². The lowest BCUT2D eigenvalue weighted by atomic mass is 9.84. The van der Waals surface area contributed by atoms with Gasteiger partial charge >= 0.3 is 12.0 Å². The Balaban J connectivity index is 1.86. The SMILES string of the molecule is CC(NC(=O)NC(C)(C(=O)O)C1CC1)C1CCCCC1. The van der Waals surface area contributed by atoms with Crippen LogP contribution >= 0.6 is 0 Å². The predicted molar refractivity (Wildman–Crippen MR) is 76.5 cm³/mol. The van der Waals surface area contributed by atoms with Gasteiger partial charge in [-0.25, -0.2) is 9.59 Å². The van der Waals surface area contributed by atoms with Gasteiger partial charge in [0, 0.05) is 6.04 Å². The molecule has 0 aliphatic heterocycles. The quantitative estimate of drug-likeness (QED) is 0.725. The minimum atomic E-state index is -1.13. The Hall–Kier alpha value is -1.26. The summed E-state index contributed by atoms with van der Waals surface area (Å²) in [5.74, 6) is -0.359. The van der Waals surface area contributed by atoms with Crippen LogP contribution in [-0.2, 0) is 4.79 Å². The topological polar surface area (TPSA) is 78.4 Å². The Kier molecular flexibility index (Phi) is 4.55. The average molecular weight is 282 g/mol. The Morgan fingerprint density at radius 2 is 1.75 bits per heavy atom. The summed E-state index contributed by atoms with van der Waals surface area (Å²) in [6.07, 6.45) is 7.80. The van der Waals surface area contributed by atoms with Crippen molar-refractivity contribution in [2.24, 2.45) is 11.8 Å². The number of hydrogen-bond acceptors (Lipinski definition) is 2. The Morgan fingerprint density at radius 3 is 2.25 bits per heavy atom. The molecular formula is C15H26N2O3. The van der Waals surface area contributed by atoms with E-state index < -0.39 is 11.5 Å². The molecule has 2 aliphatic rings. The van der Waals surface area contributed by atoms with Crippen molar-refractivity contribution in [1.82, 2.24) is 10.6 Å². The Morgan fingerprint density at radius 1 is 1.15 bits per heavy atom. The van der Waals surface area contributed by atoms with Gasteiger partial charge in [-0.1, -0.05) is 19.3 Å². The van der Waals surface area contributed by atoms with Crippen molar-refractivity contribution >= 4 is 12.0 Å². The molecule has 0 heterocycles. The zero-order chi connectivity index (χ0) is 14.8. The van der Waals surface area contributed by atoms with Crippen LogP contribution < -0.4 is 10.6 Å². The van der Waals surface area contributed by atoms with Crippen molar-refractivity contribution in [2.75, 3.05) is 0 Å². The maximum Gasteiger partial charge on any atom is 0.329 e. The molecule has 5 heteroatoms. The third kappa shape index (κ3) is 3.44. The van der Waals surface area contributed by atoms with E-state index >= 15 is 0 Å². The zero-order valence-electron chi connectivity index (χ0n) is 12.4. The van der Waals surface area contributed by atoms with Crippen LogP contribution in [0.2, 0.25) is 0 Å². The molecule has 0 bridgehead atoms. The fourth-order valence-corrected chi connectivity index (χ4v) is 3.22. The number of carboxylic acid groups (broad SMARTS) is 1. The molecule has 0 radical (unpaired) electrons. The van der Waals surface area contributed by atoms with Crippen LogP contribution in [-0.4, -0.2) is 28.7 Å². The summed E-state index contributed by atoms with van der Waals surface area (Å²) in [6, 6.07) is -0.243. The molecule has 2 saturated carbocycles. The summed E-state index contributed by atoms with van der Waals surface area (Å²) in [5, 5.41) is 14.9. The van der Waals surface area contributed by atoms with Gasteiger partial charge in [0.2, 0.25) is 0 Å². The number of carbonyl (C=O) groups excluding carboxylic acids is 1. The second-order valence-corrected chi connectivity index (χ2v) is 6.57. The molecule has 0 aromatic heterocycles. The first kappa shape index (κ1) is 15.1. The molecule has 0 aromatic rings. The summed E-state index contributed by atoms with van der Waals surface area (Å²) in [5.41, 5.74) is -1.13. The summed E-state index contributed by atoms with van der Waals surface area (Å²) >= 11 is 0. The zero-order valence-corrected chi connectivity index (χ0v) is 12.4. The van der Waals surface area contributed by atoms with Gasteiger partial charge in [-0.2, -0.15) is 0 Å². The van der Waals surface area contributed by atoms with Gasteiger partial charge in [0.05, 0.1) is 0 Å². The minimum Gasteiger partial charge on any atom is -0.480 e. The van der Waals surface area contributed by atoms with E-state index in [0.717, 1.165) is 25.7 Å². The molecule has 2 amide bonds. The molecule has 2 unspecified atom stereocenters. The highest BCUT2D eigenvalue weighted by Gasteiger charge is 2.48. The highest BCUT2D eigenvalue weighted by molar-refractivity contribution is 5.86. The molecule has 2 aliphatic carbocycles. The van der Waals surface area contributed by atoms with Gasteiger partial charge in [-0.05, 0) is 51.4 Å². The van der Waals surface area contributed by atoms with E-state index in [2.05, 4.69) is 10.6 Å². The molecule has 0 saturated heterocycles. The van der Waals surface area contributed by atoms with Gasteiger partial charge < -0.3 is 15.7 Å². The largest absolute Gasteiger partial charge is 0.480 e. The van der Waals surface area contributed by atoms with Crippen molar-refractivity contribution in [3.8, 4) is 0 Å². The maximum absolute atomic E-state index is 12.1. The number of nitrogens with one attached hydrogen (secondary N) is 2. The van der Waals surface area contributed by atoms with Crippen LogP contribution in [0.5, 0.6) is 0 Å².